The number of hydrogen-bond donors (Lipinski definition) is 2. The molecule has 1 aromatic rings. The van der Waals surface area contributed by atoms with Crippen molar-refractivity contribution in [1.29, 1.82) is 0 Å². The highest BCUT2D eigenvalue weighted by molar-refractivity contribution is 9.10. The van der Waals surface area contributed by atoms with Crippen molar-refractivity contribution >= 4 is 27.5 Å². The molecule has 1 aromatic carbocycles. The third-order valence-electron chi connectivity index (χ3n) is 2.60. The molecule has 0 saturated heterocycles. The number of nitrogens with one attached hydrogen (secondary N) is 1. The Morgan fingerprint density at radius 3 is 2.76 bits per heavy atom. The van der Waals surface area contributed by atoms with E-state index in [9.17, 15) is 4.79 Å². The maximum atomic E-state index is 11.4. The number of benzene rings is 1. The second-order valence-corrected chi connectivity index (χ2v) is 4.58. The highest BCUT2D eigenvalue weighted by Gasteiger charge is 2.12. The van der Waals surface area contributed by atoms with Crippen molar-refractivity contribution in [3.05, 3.63) is 28.2 Å². The lowest BCUT2D eigenvalue weighted by Gasteiger charge is -2.24. The average molecular weight is 300 g/mol. The zero-order valence-corrected chi connectivity index (χ0v) is 11.8. The van der Waals surface area contributed by atoms with Gasteiger partial charge in [-0.2, -0.15) is 0 Å². The van der Waals surface area contributed by atoms with Crippen molar-refractivity contribution in [1.82, 2.24) is 5.32 Å². The quantitative estimate of drug-likeness (QED) is 0.866. The van der Waals surface area contributed by atoms with E-state index in [1.807, 2.05) is 30.0 Å². The molecule has 0 fully saturated rings. The van der Waals surface area contributed by atoms with Crippen molar-refractivity contribution in [2.75, 3.05) is 25.0 Å². The van der Waals surface area contributed by atoms with E-state index in [2.05, 4.69) is 21.2 Å². The van der Waals surface area contributed by atoms with Crippen LogP contribution in [0, 0.1) is 0 Å². The van der Waals surface area contributed by atoms with E-state index < -0.39 is 0 Å². The average Bonchev–Trinajstić information content (AvgIpc) is 2.35. The zero-order valence-electron chi connectivity index (χ0n) is 10.2. The molecule has 0 aliphatic heterocycles. The van der Waals surface area contributed by atoms with E-state index in [0.717, 1.165) is 22.3 Å². The summed E-state index contributed by atoms with van der Waals surface area (Å²) in [5.41, 5.74) is 7.76. The van der Waals surface area contributed by atoms with E-state index in [1.165, 1.54) is 0 Å². The molecule has 0 aliphatic rings. The summed E-state index contributed by atoms with van der Waals surface area (Å²) >= 11 is 3.44. The molecular weight excluding hydrogens is 282 g/mol. The summed E-state index contributed by atoms with van der Waals surface area (Å²) in [6.07, 6.45) is 0. The van der Waals surface area contributed by atoms with Crippen LogP contribution in [0.15, 0.2) is 22.7 Å². The standard InChI is InChI=1S/C12H18BrN3O/c1-3-16(8-12(17)15-2)11-6-10(13)5-4-9(11)7-14/h4-6H,3,7-8,14H2,1-2H3,(H,15,17). The molecule has 0 aliphatic carbocycles. The highest BCUT2D eigenvalue weighted by atomic mass is 79.9. The van der Waals surface area contributed by atoms with E-state index >= 15 is 0 Å². The molecule has 0 atom stereocenters. The molecule has 0 unspecified atom stereocenters. The van der Waals surface area contributed by atoms with Crippen LogP contribution in [0.3, 0.4) is 0 Å². The van der Waals surface area contributed by atoms with Crippen LogP contribution in [0.5, 0.6) is 0 Å². The third kappa shape index (κ3) is 3.71. The molecule has 17 heavy (non-hydrogen) atoms. The Hall–Kier alpha value is -1.07. The first-order valence-corrected chi connectivity index (χ1v) is 6.35. The predicted octanol–water partition coefficient (Wildman–Crippen LogP) is 1.48. The largest absolute Gasteiger partial charge is 0.362 e. The van der Waals surface area contributed by atoms with Gasteiger partial charge in [0.2, 0.25) is 5.91 Å². The van der Waals surface area contributed by atoms with E-state index in [-0.39, 0.29) is 5.91 Å². The summed E-state index contributed by atoms with van der Waals surface area (Å²) < 4.78 is 0.986. The summed E-state index contributed by atoms with van der Waals surface area (Å²) in [4.78, 5) is 13.4. The van der Waals surface area contributed by atoms with Gasteiger partial charge in [0.15, 0.2) is 0 Å². The molecule has 0 spiro atoms. The molecule has 4 nitrogen and oxygen atoms in total. The van der Waals surface area contributed by atoms with Crippen LogP contribution in [0.25, 0.3) is 0 Å². The minimum absolute atomic E-state index is 0.00482. The van der Waals surface area contributed by atoms with Gasteiger partial charge in [0.25, 0.3) is 0 Å². The van der Waals surface area contributed by atoms with Crippen molar-refractivity contribution in [2.24, 2.45) is 5.73 Å². The van der Waals surface area contributed by atoms with Gasteiger partial charge in [0.1, 0.15) is 0 Å². The fourth-order valence-electron chi connectivity index (χ4n) is 1.62. The molecule has 3 N–H and O–H groups in total. The highest BCUT2D eigenvalue weighted by Crippen LogP contribution is 2.24. The number of carbonyl (C=O) groups excluding carboxylic acids is 1. The zero-order chi connectivity index (χ0) is 12.8. The number of likely N-dealkylation sites (N-methyl/N-ethyl adjacent to an activating group) is 2. The van der Waals surface area contributed by atoms with Gasteiger partial charge in [-0.25, -0.2) is 0 Å². The molecule has 0 saturated carbocycles. The van der Waals surface area contributed by atoms with E-state index in [1.54, 1.807) is 7.05 Å². The SMILES string of the molecule is CCN(CC(=O)NC)c1cc(Br)ccc1CN. The first-order chi connectivity index (χ1) is 8.12. The van der Waals surface area contributed by atoms with Gasteiger partial charge in [0, 0.05) is 30.3 Å². The second kappa shape index (κ2) is 6.61. The fraction of sp³-hybridized carbons (Fsp3) is 0.417. The van der Waals surface area contributed by atoms with Gasteiger partial charge in [-0.15, -0.1) is 0 Å². The number of anilines is 1. The topological polar surface area (TPSA) is 58.4 Å². The Morgan fingerprint density at radius 1 is 1.53 bits per heavy atom. The maximum absolute atomic E-state index is 11.4. The molecule has 1 rings (SSSR count). The number of nitrogens with two attached hydrogens (primary N) is 1. The van der Waals surface area contributed by atoms with E-state index in [4.69, 9.17) is 5.73 Å². The summed E-state index contributed by atoms with van der Waals surface area (Å²) in [6.45, 7) is 3.59. The summed E-state index contributed by atoms with van der Waals surface area (Å²) in [5.74, 6) is -0.00482. The first kappa shape index (κ1) is 14.0. The monoisotopic (exact) mass is 299 g/mol. The van der Waals surface area contributed by atoms with Crippen molar-refractivity contribution in [2.45, 2.75) is 13.5 Å². The Balaban J connectivity index is 3.01. The molecular formula is C12H18BrN3O. The number of nitrogens with zero attached hydrogens (tertiary/aromatic N) is 1. The van der Waals surface area contributed by atoms with Crippen LogP contribution >= 0.6 is 15.9 Å². The molecule has 0 radical (unpaired) electrons. The minimum Gasteiger partial charge on any atom is -0.362 e. The lowest BCUT2D eigenvalue weighted by molar-refractivity contribution is -0.119. The molecule has 5 heteroatoms. The molecule has 94 valence electrons. The number of carbonyl (C=O) groups is 1. The van der Waals surface area contributed by atoms with Crippen LogP contribution in [0.4, 0.5) is 5.69 Å². The minimum atomic E-state index is -0.00482. The molecule has 0 aromatic heterocycles. The van der Waals surface area contributed by atoms with Crippen LogP contribution in [-0.4, -0.2) is 26.0 Å². The molecule has 0 heterocycles. The molecule has 0 bridgehead atoms. The Morgan fingerprint density at radius 2 is 2.24 bits per heavy atom. The van der Waals surface area contributed by atoms with Gasteiger partial charge in [-0.1, -0.05) is 22.0 Å². The van der Waals surface area contributed by atoms with Gasteiger partial charge in [-0.3, -0.25) is 4.79 Å². The normalized spacial score (nSPS) is 10.1. The number of halogens is 1. The van der Waals surface area contributed by atoms with Crippen molar-refractivity contribution < 1.29 is 4.79 Å². The van der Waals surface area contributed by atoms with Gasteiger partial charge < -0.3 is 16.0 Å². The number of rotatable bonds is 5. The van der Waals surface area contributed by atoms with Gasteiger partial charge in [0.05, 0.1) is 6.54 Å². The van der Waals surface area contributed by atoms with Crippen LogP contribution in [0.2, 0.25) is 0 Å². The maximum Gasteiger partial charge on any atom is 0.239 e. The van der Waals surface area contributed by atoms with Gasteiger partial charge in [-0.05, 0) is 24.6 Å². The Bertz CT molecular complexity index is 395. The first-order valence-electron chi connectivity index (χ1n) is 5.56. The van der Waals surface area contributed by atoms with Crippen molar-refractivity contribution in [3.63, 3.8) is 0 Å². The summed E-state index contributed by atoms with van der Waals surface area (Å²) in [5, 5.41) is 2.63. The van der Waals surface area contributed by atoms with Gasteiger partial charge >= 0.3 is 0 Å². The Kier molecular flexibility index (Phi) is 5.44. The van der Waals surface area contributed by atoms with Crippen LogP contribution in [0.1, 0.15) is 12.5 Å². The molecule has 1 amide bonds. The fourth-order valence-corrected chi connectivity index (χ4v) is 1.97. The lowest BCUT2D eigenvalue weighted by atomic mass is 10.1. The number of amides is 1. The Labute approximate surface area is 110 Å². The third-order valence-corrected chi connectivity index (χ3v) is 3.10. The summed E-state index contributed by atoms with van der Waals surface area (Å²) in [6, 6.07) is 5.93. The van der Waals surface area contributed by atoms with Crippen molar-refractivity contribution in [3.8, 4) is 0 Å². The lowest BCUT2D eigenvalue weighted by Crippen LogP contribution is -2.36. The second-order valence-electron chi connectivity index (χ2n) is 3.66. The van der Waals surface area contributed by atoms with Crippen LogP contribution in [-0.2, 0) is 11.3 Å². The summed E-state index contributed by atoms with van der Waals surface area (Å²) in [7, 11) is 1.64. The van der Waals surface area contributed by atoms with E-state index in [0.29, 0.717) is 13.1 Å². The predicted molar refractivity (Wildman–Crippen MR) is 74.0 cm³/mol. The van der Waals surface area contributed by atoms with Crippen LogP contribution < -0.4 is 16.0 Å². The number of hydrogen-bond acceptors (Lipinski definition) is 3. The smallest absolute Gasteiger partial charge is 0.239 e.